The SMILES string of the molecule is N[C@@H](c1ccc(CF)cc1)c1ncccn1. The van der Waals surface area contributed by atoms with Crippen molar-refractivity contribution in [3.05, 3.63) is 59.7 Å². The van der Waals surface area contributed by atoms with Gasteiger partial charge in [-0.2, -0.15) is 0 Å². The molecule has 0 aliphatic rings. The molecule has 4 heteroatoms. The first-order valence-corrected chi connectivity index (χ1v) is 4.98. The molecule has 0 aliphatic heterocycles. The van der Waals surface area contributed by atoms with Crippen molar-refractivity contribution in [2.75, 3.05) is 0 Å². The van der Waals surface area contributed by atoms with Crippen LogP contribution in [0.4, 0.5) is 4.39 Å². The fraction of sp³-hybridized carbons (Fsp3) is 0.167. The summed E-state index contributed by atoms with van der Waals surface area (Å²) in [7, 11) is 0. The van der Waals surface area contributed by atoms with Crippen LogP contribution in [0.5, 0.6) is 0 Å². The minimum atomic E-state index is -0.461. The highest BCUT2D eigenvalue weighted by Gasteiger charge is 2.10. The summed E-state index contributed by atoms with van der Waals surface area (Å²) in [6.45, 7) is -0.461. The lowest BCUT2D eigenvalue weighted by Gasteiger charge is -2.10. The van der Waals surface area contributed by atoms with Crippen LogP contribution in [0.1, 0.15) is 23.0 Å². The van der Waals surface area contributed by atoms with E-state index in [9.17, 15) is 4.39 Å². The van der Waals surface area contributed by atoms with Crippen LogP contribution < -0.4 is 5.73 Å². The topological polar surface area (TPSA) is 51.8 Å². The number of rotatable bonds is 3. The number of hydrogen-bond donors (Lipinski definition) is 1. The number of benzene rings is 1. The number of nitrogens with zero attached hydrogens (tertiary/aromatic N) is 2. The van der Waals surface area contributed by atoms with Crippen LogP contribution in [0.2, 0.25) is 0 Å². The monoisotopic (exact) mass is 217 g/mol. The summed E-state index contributed by atoms with van der Waals surface area (Å²) in [4.78, 5) is 8.17. The van der Waals surface area contributed by atoms with E-state index >= 15 is 0 Å². The van der Waals surface area contributed by atoms with E-state index in [-0.39, 0.29) is 6.04 Å². The van der Waals surface area contributed by atoms with Gasteiger partial charge in [-0.3, -0.25) is 0 Å². The van der Waals surface area contributed by atoms with Crippen molar-refractivity contribution >= 4 is 0 Å². The molecule has 3 nitrogen and oxygen atoms in total. The van der Waals surface area contributed by atoms with Crippen molar-refractivity contribution in [2.45, 2.75) is 12.7 Å². The van der Waals surface area contributed by atoms with Gasteiger partial charge < -0.3 is 5.73 Å². The van der Waals surface area contributed by atoms with E-state index in [1.54, 1.807) is 42.7 Å². The summed E-state index contributed by atoms with van der Waals surface area (Å²) in [5, 5.41) is 0. The van der Waals surface area contributed by atoms with Crippen LogP contribution >= 0.6 is 0 Å². The van der Waals surface area contributed by atoms with Gasteiger partial charge in [-0.1, -0.05) is 24.3 Å². The predicted molar refractivity (Wildman–Crippen MR) is 59.3 cm³/mol. The largest absolute Gasteiger partial charge is 0.318 e. The van der Waals surface area contributed by atoms with Crippen LogP contribution in [-0.4, -0.2) is 9.97 Å². The molecule has 2 N–H and O–H groups in total. The highest BCUT2D eigenvalue weighted by atomic mass is 19.1. The smallest absolute Gasteiger partial charge is 0.149 e. The first kappa shape index (κ1) is 10.7. The summed E-state index contributed by atoms with van der Waals surface area (Å²) in [5.74, 6) is 0.565. The minimum absolute atomic E-state index is 0.366. The zero-order valence-corrected chi connectivity index (χ0v) is 8.68. The molecule has 0 spiro atoms. The molecule has 1 atom stereocenters. The first-order chi connectivity index (χ1) is 7.81. The van der Waals surface area contributed by atoms with Crippen molar-refractivity contribution in [1.29, 1.82) is 0 Å². The van der Waals surface area contributed by atoms with Gasteiger partial charge in [0.2, 0.25) is 0 Å². The predicted octanol–water partition coefficient (Wildman–Crippen LogP) is 1.99. The van der Waals surface area contributed by atoms with Gasteiger partial charge >= 0.3 is 0 Å². The summed E-state index contributed by atoms with van der Waals surface area (Å²) in [5.41, 5.74) is 7.51. The highest BCUT2D eigenvalue weighted by molar-refractivity contribution is 5.27. The molecule has 82 valence electrons. The third kappa shape index (κ3) is 2.23. The lowest BCUT2D eigenvalue weighted by atomic mass is 10.1. The fourth-order valence-corrected chi connectivity index (χ4v) is 1.43. The molecule has 0 amide bonds. The Morgan fingerprint density at radius 1 is 1.12 bits per heavy atom. The molecule has 2 rings (SSSR count). The molecule has 1 heterocycles. The van der Waals surface area contributed by atoms with Crippen LogP contribution in [0.15, 0.2) is 42.7 Å². The molecule has 0 saturated heterocycles. The minimum Gasteiger partial charge on any atom is -0.318 e. The lowest BCUT2D eigenvalue weighted by molar-refractivity contribution is 0.485. The van der Waals surface area contributed by atoms with Crippen molar-refractivity contribution in [2.24, 2.45) is 5.73 Å². The Labute approximate surface area is 93.2 Å². The molecule has 1 aromatic heterocycles. The molecular weight excluding hydrogens is 205 g/mol. The average Bonchev–Trinajstić information content (AvgIpc) is 2.39. The first-order valence-electron chi connectivity index (χ1n) is 4.98. The quantitative estimate of drug-likeness (QED) is 0.855. The zero-order chi connectivity index (χ0) is 11.4. The number of aromatic nitrogens is 2. The molecule has 0 saturated carbocycles. The Morgan fingerprint density at radius 2 is 1.75 bits per heavy atom. The Balaban J connectivity index is 2.24. The van der Waals surface area contributed by atoms with Crippen LogP contribution in [-0.2, 0) is 6.67 Å². The summed E-state index contributed by atoms with van der Waals surface area (Å²) < 4.78 is 12.3. The van der Waals surface area contributed by atoms with E-state index in [2.05, 4.69) is 9.97 Å². The van der Waals surface area contributed by atoms with Gasteiger partial charge in [0, 0.05) is 12.4 Å². The molecule has 2 aromatic rings. The lowest BCUT2D eigenvalue weighted by Crippen LogP contribution is -2.14. The summed E-state index contributed by atoms with van der Waals surface area (Å²) >= 11 is 0. The second kappa shape index (κ2) is 4.81. The molecule has 0 aliphatic carbocycles. The molecule has 0 unspecified atom stereocenters. The second-order valence-electron chi connectivity index (χ2n) is 3.46. The van der Waals surface area contributed by atoms with E-state index in [1.165, 1.54) is 0 Å². The maximum absolute atomic E-state index is 12.3. The van der Waals surface area contributed by atoms with Gasteiger partial charge in [0.1, 0.15) is 12.5 Å². The molecular formula is C12H12FN3. The zero-order valence-electron chi connectivity index (χ0n) is 8.68. The van der Waals surface area contributed by atoms with Crippen LogP contribution in [0, 0.1) is 0 Å². The van der Waals surface area contributed by atoms with Gasteiger partial charge in [-0.05, 0) is 17.2 Å². The highest BCUT2D eigenvalue weighted by Crippen LogP contribution is 2.16. The number of halogens is 1. The van der Waals surface area contributed by atoms with Crippen LogP contribution in [0.25, 0.3) is 0 Å². The van der Waals surface area contributed by atoms with Gasteiger partial charge in [0.25, 0.3) is 0 Å². The molecule has 16 heavy (non-hydrogen) atoms. The summed E-state index contributed by atoms with van der Waals surface area (Å²) in [6.07, 6.45) is 3.30. The van der Waals surface area contributed by atoms with Gasteiger partial charge in [0.05, 0.1) is 6.04 Å². The standard InChI is InChI=1S/C12H12FN3/c13-8-9-2-4-10(5-3-9)11(14)12-15-6-1-7-16-12/h1-7,11H,8,14H2/t11-/m0/s1. The van der Waals surface area contributed by atoms with Gasteiger partial charge in [-0.15, -0.1) is 0 Å². The third-order valence-corrected chi connectivity index (χ3v) is 2.36. The number of hydrogen-bond acceptors (Lipinski definition) is 3. The Kier molecular flexibility index (Phi) is 3.22. The Bertz CT molecular complexity index is 442. The van der Waals surface area contributed by atoms with Gasteiger partial charge in [0.15, 0.2) is 0 Å². The Hall–Kier alpha value is -1.81. The van der Waals surface area contributed by atoms with Crippen molar-refractivity contribution < 1.29 is 4.39 Å². The van der Waals surface area contributed by atoms with Crippen molar-refractivity contribution in [3.8, 4) is 0 Å². The van der Waals surface area contributed by atoms with E-state index < -0.39 is 6.67 Å². The summed E-state index contributed by atoms with van der Waals surface area (Å²) in [6, 6.07) is 8.42. The van der Waals surface area contributed by atoms with E-state index in [0.717, 1.165) is 5.56 Å². The fourth-order valence-electron chi connectivity index (χ4n) is 1.43. The maximum atomic E-state index is 12.3. The molecule has 1 aromatic carbocycles. The Morgan fingerprint density at radius 3 is 2.31 bits per heavy atom. The van der Waals surface area contributed by atoms with Crippen molar-refractivity contribution in [1.82, 2.24) is 9.97 Å². The number of alkyl halides is 1. The van der Waals surface area contributed by atoms with Crippen molar-refractivity contribution in [3.63, 3.8) is 0 Å². The van der Waals surface area contributed by atoms with E-state index in [4.69, 9.17) is 5.73 Å². The van der Waals surface area contributed by atoms with Gasteiger partial charge in [-0.25, -0.2) is 14.4 Å². The molecule has 0 radical (unpaired) electrons. The molecule has 0 bridgehead atoms. The maximum Gasteiger partial charge on any atom is 0.149 e. The second-order valence-corrected chi connectivity index (χ2v) is 3.46. The van der Waals surface area contributed by atoms with E-state index in [0.29, 0.717) is 11.4 Å². The van der Waals surface area contributed by atoms with Crippen LogP contribution in [0.3, 0.4) is 0 Å². The number of nitrogens with two attached hydrogens (primary N) is 1. The third-order valence-electron chi connectivity index (χ3n) is 2.36. The normalized spacial score (nSPS) is 12.4. The van der Waals surface area contributed by atoms with E-state index in [1.807, 2.05) is 0 Å². The molecule has 0 fully saturated rings. The average molecular weight is 217 g/mol.